The highest BCUT2D eigenvalue weighted by molar-refractivity contribution is 5.46. The molecule has 5 heteroatoms. The minimum absolute atomic E-state index is 0.382. The van der Waals surface area contributed by atoms with E-state index in [0.29, 0.717) is 6.54 Å². The molecule has 0 bridgehead atoms. The summed E-state index contributed by atoms with van der Waals surface area (Å²) in [7, 11) is 0. The third kappa shape index (κ3) is 2.84. The van der Waals surface area contributed by atoms with E-state index in [9.17, 15) is 5.11 Å². The first kappa shape index (κ1) is 13.4. The van der Waals surface area contributed by atoms with Crippen LogP contribution in [0.5, 0.6) is 0 Å². The van der Waals surface area contributed by atoms with Crippen molar-refractivity contribution in [2.24, 2.45) is 5.92 Å². The molecule has 0 saturated carbocycles. The fourth-order valence-electron chi connectivity index (χ4n) is 2.64. The molecule has 102 valence electrons. The Balaban J connectivity index is 1.90. The van der Waals surface area contributed by atoms with Crippen LogP contribution >= 0.6 is 0 Å². The van der Waals surface area contributed by atoms with Crippen LogP contribution in [0, 0.1) is 19.8 Å². The van der Waals surface area contributed by atoms with Crippen LogP contribution in [0.15, 0.2) is 0 Å². The van der Waals surface area contributed by atoms with E-state index in [1.807, 2.05) is 18.5 Å². The van der Waals surface area contributed by atoms with E-state index >= 15 is 0 Å². The van der Waals surface area contributed by atoms with Crippen LogP contribution in [0.1, 0.15) is 24.7 Å². The molecule has 1 aliphatic rings. The summed E-state index contributed by atoms with van der Waals surface area (Å²) in [6, 6.07) is 0. The Kier molecular flexibility index (Phi) is 3.92. The number of β-amino-alcohol motifs (C(OH)–C–C–N with tert-alkyl or cyclic N) is 1. The molecule has 1 aromatic heterocycles. The van der Waals surface area contributed by atoms with Gasteiger partial charge in [0.25, 0.3) is 0 Å². The van der Waals surface area contributed by atoms with Crippen molar-refractivity contribution in [3.8, 4) is 0 Å². The lowest BCUT2D eigenvalue weighted by Gasteiger charge is -2.20. The largest absolute Gasteiger partial charge is 0.396 e. The molecule has 0 aromatic carbocycles. The van der Waals surface area contributed by atoms with Crippen LogP contribution in [0.4, 0.5) is 5.69 Å². The topological polar surface area (TPSA) is 67.3 Å². The Hall–Kier alpha value is -1.07. The lowest BCUT2D eigenvalue weighted by molar-refractivity contribution is 0.104. The average molecular weight is 252 g/mol. The van der Waals surface area contributed by atoms with Gasteiger partial charge in [-0.15, -0.1) is 0 Å². The van der Waals surface area contributed by atoms with Crippen molar-refractivity contribution in [2.45, 2.75) is 39.8 Å². The molecule has 5 nitrogen and oxygen atoms in total. The molecule has 2 rings (SSSR count). The monoisotopic (exact) mass is 252 g/mol. The van der Waals surface area contributed by atoms with Crippen LogP contribution < -0.4 is 5.73 Å². The van der Waals surface area contributed by atoms with Gasteiger partial charge in [0.2, 0.25) is 0 Å². The normalized spacial score (nSPS) is 22.6. The predicted octanol–water partition coefficient (Wildman–Crippen LogP) is 0.785. The minimum Gasteiger partial charge on any atom is -0.396 e. The maximum atomic E-state index is 10.1. The second-order valence-corrected chi connectivity index (χ2v) is 5.57. The first-order valence-electron chi connectivity index (χ1n) is 6.67. The fraction of sp³-hybridized carbons (Fsp3) is 0.769. The Morgan fingerprint density at radius 1 is 1.44 bits per heavy atom. The number of nitrogens with zero attached hydrogens (tertiary/aromatic N) is 3. The van der Waals surface area contributed by atoms with E-state index in [2.05, 4.69) is 16.9 Å². The van der Waals surface area contributed by atoms with Crippen LogP contribution in [0.3, 0.4) is 0 Å². The van der Waals surface area contributed by atoms with Crippen molar-refractivity contribution < 1.29 is 5.11 Å². The standard InChI is InChI=1S/C13H24N4O/c1-9-4-5-16(6-9)7-12(18)8-17-11(3)13(14)10(2)15-17/h9,12,18H,4-8,14H2,1-3H3. The highest BCUT2D eigenvalue weighted by atomic mass is 16.3. The van der Waals surface area contributed by atoms with Gasteiger partial charge in [0.15, 0.2) is 0 Å². The summed E-state index contributed by atoms with van der Waals surface area (Å²) in [5, 5.41) is 14.5. The summed E-state index contributed by atoms with van der Waals surface area (Å²) in [4.78, 5) is 2.32. The van der Waals surface area contributed by atoms with Crippen LogP contribution in [-0.4, -0.2) is 45.5 Å². The van der Waals surface area contributed by atoms with Gasteiger partial charge >= 0.3 is 0 Å². The van der Waals surface area contributed by atoms with Crippen molar-refractivity contribution in [1.82, 2.24) is 14.7 Å². The van der Waals surface area contributed by atoms with E-state index < -0.39 is 0 Å². The zero-order chi connectivity index (χ0) is 13.3. The third-order valence-electron chi connectivity index (χ3n) is 3.80. The molecule has 1 fully saturated rings. The van der Waals surface area contributed by atoms with Crippen LogP contribution in [0.25, 0.3) is 0 Å². The zero-order valence-corrected chi connectivity index (χ0v) is 11.6. The smallest absolute Gasteiger partial charge is 0.0862 e. The molecule has 1 saturated heterocycles. The zero-order valence-electron chi connectivity index (χ0n) is 11.6. The molecule has 3 N–H and O–H groups in total. The Morgan fingerprint density at radius 3 is 2.67 bits per heavy atom. The molecule has 0 aliphatic carbocycles. The Bertz CT molecular complexity index is 415. The van der Waals surface area contributed by atoms with Crippen molar-refractivity contribution in [1.29, 1.82) is 0 Å². The number of aliphatic hydroxyl groups excluding tert-OH is 1. The number of hydrogen-bond donors (Lipinski definition) is 2. The second kappa shape index (κ2) is 5.28. The number of aliphatic hydroxyl groups is 1. The molecular formula is C13H24N4O. The van der Waals surface area contributed by atoms with E-state index in [0.717, 1.165) is 42.6 Å². The van der Waals surface area contributed by atoms with E-state index in [-0.39, 0.29) is 6.10 Å². The average Bonchev–Trinajstić information content (AvgIpc) is 2.80. The number of likely N-dealkylation sites (tertiary alicyclic amines) is 1. The quantitative estimate of drug-likeness (QED) is 0.831. The lowest BCUT2D eigenvalue weighted by atomic mass is 10.2. The van der Waals surface area contributed by atoms with Gasteiger partial charge in [-0.25, -0.2) is 0 Å². The van der Waals surface area contributed by atoms with Gasteiger partial charge in [-0.2, -0.15) is 5.10 Å². The second-order valence-electron chi connectivity index (χ2n) is 5.57. The lowest BCUT2D eigenvalue weighted by Crippen LogP contribution is -2.33. The van der Waals surface area contributed by atoms with Gasteiger partial charge < -0.3 is 15.7 Å². The fourth-order valence-corrected chi connectivity index (χ4v) is 2.64. The van der Waals surface area contributed by atoms with Crippen LogP contribution in [0.2, 0.25) is 0 Å². The molecule has 1 aliphatic heterocycles. The molecular weight excluding hydrogens is 228 g/mol. The number of nitrogens with two attached hydrogens (primary N) is 1. The number of rotatable bonds is 4. The maximum absolute atomic E-state index is 10.1. The van der Waals surface area contributed by atoms with Crippen molar-refractivity contribution >= 4 is 5.69 Å². The molecule has 1 aromatic rings. The first-order chi connectivity index (χ1) is 8.47. The van der Waals surface area contributed by atoms with E-state index in [1.165, 1.54) is 6.42 Å². The number of aryl methyl sites for hydroxylation is 1. The predicted molar refractivity (Wildman–Crippen MR) is 72.3 cm³/mol. The van der Waals surface area contributed by atoms with Gasteiger partial charge in [-0.05, 0) is 32.7 Å². The van der Waals surface area contributed by atoms with Crippen molar-refractivity contribution in [3.05, 3.63) is 11.4 Å². The summed E-state index contributed by atoms with van der Waals surface area (Å²) in [5.41, 5.74) is 8.41. The number of hydrogen-bond acceptors (Lipinski definition) is 4. The van der Waals surface area contributed by atoms with Crippen molar-refractivity contribution in [2.75, 3.05) is 25.4 Å². The molecule has 0 spiro atoms. The summed E-state index contributed by atoms with van der Waals surface area (Å²) < 4.78 is 1.81. The molecule has 2 atom stereocenters. The van der Waals surface area contributed by atoms with Gasteiger partial charge in [-0.3, -0.25) is 4.68 Å². The molecule has 0 amide bonds. The van der Waals surface area contributed by atoms with Gasteiger partial charge in [0.05, 0.1) is 29.7 Å². The van der Waals surface area contributed by atoms with Gasteiger partial charge in [0.1, 0.15) is 0 Å². The molecule has 2 heterocycles. The highest BCUT2D eigenvalue weighted by Gasteiger charge is 2.21. The molecule has 0 radical (unpaired) electrons. The SMILES string of the molecule is Cc1nn(CC(O)CN2CCC(C)C2)c(C)c1N. The molecule has 2 unspecified atom stereocenters. The third-order valence-corrected chi connectivity index (χ3v) is 3.80. The maximum Gasteiger partial charge on any atom is 0.0862 e. The van der Waals surface area contributed by atoms with Gasteiger partial charge in [-0.1, -0.05) is 6.92 Å². The van der Waals surface area contributed by atoms with Crippen LogP contribution in [-0.2, 0) is 6.54 Å². The summed E-state index contributed by atoms with van der Waals surface area (Å²) >= 11 is 0. The number of nitrogen functional groups attached to an aromatic ring is 1. The number of aromatic nitrogens is 2. The van der Waals surface area contributed by atoms with Gasteiger partial charge in [0, 0.05) is 13.1 Å². The summed E-state index contributed by atoms with van der Waals surface area (Å²) in [5.74, 6) is 0.751. The first-order valence-corrected chi connectivity index (χ1v) is 6.67. The number of anilines is 1. The van der Waals surface area contributed by atoms with Crippen molar-refractivity contribution in [3.63, 3.8) is 0 Å². The summed E-state index contributed by atoms with van der Waals surface area (Å²) in [6.45, 7) is 9.53. The Labute approximate surface area is 109 Å². The van der Waals surface area contributed by atoms with E-state index in [4.69, 9.17) is 5.73 Å². The van der Waals surface area contributed by atoms with E-state index in [1.54, 1.807) is 0 Å². The Morgan fingerprint density at radius 2 is 2.17 bits per heavy atom. The molecule has 18 heavy (non-hydrogen) atoms. The highest BCUT2D eigenvalue weighted by Crippen LogP contribution is 2.17. The summed E-state index contributed by atoms with van der Waals surface area (Å²) in [6.07, 6.45) is 0.854. The minimum atomic E-state index is -0.382.